The molecule has 1 unspecified atom stereocenters. The third-order valence-electron chi connectivity index (χ3n) is 3.93. The number of fused-ring (bicyclic) bond motifs is 1. The lowest BCUT2D eigenvalue weighted by molar-refractivity contribution is 0.498. The van der Waals surface area contributed by atoms with Crippen LogP contribution in [-0.2, 0) is 16.4 Å². The van der Waals surface area contributed by atoms with Gasteiger partial charge in [0.05, 0.1) is 10.9 Å². The number of nitrogens with one attached hydrogen (secondary N) is 1. The minimum absolute atomic E-state index is 0.0600. The molecule has 3 rings (SSSR count). The number of benzene rings is 1. The van der Waals surface area contributed by atoms with Gasteiger partial charge in [-0.1, -0.05) is 0 Å². The van der Waals surface area contributed by atoms with Gasteiger partial charge in [0.1, 0.15) is 11.6 Å². The lowest BCUT2D eigenvalue weighted by Crippen LogP contribution is -2.31. The SMILES string of the molecule is Cc1cc(F)cc(S(=O)(=O)NC2CCCc3nc(C)ncc32)c1. The van der Waals surface area contributed by atoms with Crippen LogP contribution in [0.2, 0.25) is 0 Å². The van der Waals surface area contributed by atoms with Crippen LogP contribution < -0.4 is 4.72 Å². The summed E-state index contributed by atoms with van der Waals surface area (Å²) >= 11 is 0. The van der Waals surface area contributed by atoms with Gasteiger partial charge in [0.2, 0.25) is 10.0 Å². The second-order valence-electron chi connectivity index (χ2n) is 5.85. The van der Waals surface area contributed by atoms with E-state index in [2.05, 4.69) is 14.7 Å². The van der Waals surface area contributed by atoms with Crippen molar-refractivity contribution in [2.24, 2.45) is 0 Å². The summed E-state index contributed by atoms with van der Waals surface area (Å²) in [6.07, 6.45) is 4.02. The number of hydrogen-bond donors (Lipinski definition) is 1. The van der Waals surface area contributed by atoms with Gasteiger partial charge in [0, 0.05) is 17.5 Å². The fraction of sp³-hybridized carbons (Fsp3) is 0.375. The molecule has 0 saturated carbocycles. The Morgan fingerprint density at radius 3 is 2.78 bits per heavy atom. The van der Waals surface area contributed by atoms with E-state index in [1.165, 1.54) is 12.1 Å². The molecule has 0 fully saturated rings. The van der Waals surface area contributed by atoms with Gasteiger partial charge >= 0.3 is 0 Å². The Hall–Kier alpha value is -1.86. The Kier molecular flexibility index (Phi) is 4.16. The van der Waals surface area contributed by atoms with Crippen molar-refractivity contribution in [2.75, 3.05) is 0 Å². The second kappa shape index (κ2) is 5.98. The predicted molar refractivity (Wildman–Crippen MR) is 83.9 cm³/mol. The Bertz CT molecular complexity index is 832. The van der Waals surface area contributed by atoms with Crippen molar-refractivity contribution in [1.29, 1.82) is 0 Å². The molecule has 7 heteroatoms. The molecule has 1 N–H and O–H groups in total. The van der Waals surface area contributed by atoms with Crippen LogP contribution in [0.25, 0.3) is 0 Å². The number of sulfonamides is 1. The van der Waals surface area contributed by atoms with Gasteiger partial charge < -0.3 is 0 Å². The number of nitrogens with zero attached hydrogens (tertiary/aromatic N) is 2. The Balaban J connectivity index is 1.93. The standard InChI is InChI=1S/C16H18FN3O2S/c1-10-6-12(17)8-13(7-10)23(21,22)20-16-5-3-4-15-14(16)9-18-11(2)19-15/h6-9,16,20H,3-5H2,1-2H3. The summed E-state index contributed by atoms with van der Waals surface area (Å²) in [4.78, 5) is 8.50. The lowest BCUT2D eigenvalue weighted by Gasteiger charge is -2.25. The minimum Gasteiger partial charge on any atom is -0.241 e. The second-order valence-corrected chi connectivity index (χ2v) is 7.56. The number of aryl methyl sites for hydroxylation is 3. The summed E-state index contributed by atoms with van der Waals surface area (Å²) in [5, 5.41) is 0. The third kappa shape index (κ3) is 3.40. The summed E-state index contributed by atoms with van der Waals surface area (Å²) in [5.41, 5.74) is 2.25. The van der Waals surface area contributed by atoms with Gasteiger partial charge in [-0.05, 0) is 56.9 Å². The molecule has 1 aromatic heterocycles. The largest absolute Gasteiger partial charge is 0.241 e. The molecule has 0 aliphatic heterocycles. The smallest absolute Gasteiger partial charge is 0.241 e. The van der Waals surface area contributed by atoms with Crippen molar-refractivity contribution in [3.8, 4) is 0 Å². The van der Waals surface area contributed by atoms with Crippen LogP contribution in [0.3, 0.4) is 0 Å². The number of rotatable bonds is 3. The molecule has 1 atom stereocenters. The topological polar surface area (TPSA) is 72.0 Å². The fourth-order valence-electron chi connectivity index (χ4n) is 2.88. The molecule has 0 spiro atoms. The van der Waals surface area contributed by atoms with Crippen molar-refractivity contribution < 1.29 is 12.8 Å². The van der Waals surface area contributed by atoms with E-state index >= 15 is 0 Å². The van der Waals surface area contributed by atoms with Crippen molar-refractivity contribution in [3.05, 3.63) is 52.9 Å². The van der Waals surface area contributed by atoms with Crippen LogP contribution in [-0.4, -0.2) is 18.4 Å². The van der Waals surface area contributed by atoms with Crippen molar-refractivity contribution >= 4 is 10.0 Å². The van der Waals surface area contributed by atoms with Gasteiger partial charge in [-0.25, -0.2) is 27.5 Å². The molecule has 5 nitrogen and oxygen atoms in total. The van der Waals surface area contributed by atoms with Crippen LogP contribution in [0.5, 0.6) is 0 Å². The molecule has 0 saturated heterocycles. The summed E-state index contributed by atoms with van der Waals surface area (Å²) in [7, 11) is -3.80. The third-order valence-corrected chi connectivity index (χ3v) is 5.38. The number of hydrogen-bond acceptors (Lipinski definition) is 4. The summed E-state index contributed by atoms with van der Waals surface area (Å²) in [6.45, 7) is 3.47. The first kappa shape index (κ1) is 16.0. The average molecular weight is 335 g/mol. The van der Waals surface area contributed by atoms with Crippen molar-refractivity contribution in [3.63, 3.8) is 0 Å². The van der Waals surface area contributed by atoms with Crippen LogP contribution in [0.1, 0.15) is 41.5 Å². The lowest BCUT2D eigenvalue weighted by atomic mass is 9.93. The van der Waals surface area contributed by atoms with Crippen molar-refractivity contribution in [1.82, 2.24) is 14.7 Å². The first-order valence-corrected chi connectivity index (χ1v) is 8.95. The molecule has 122 valence electrons. The highest BCUT2D eigenvalue weighted by atomic mass is 32.2. The monoisotopic (exact) mass is 335 g/mol. The normalized spacial score (nSPS) is 17.8. The van der Waals surface area contributed by atoms with E-state index in [1.807, 2.05) is 6.92 Å². The molecule has 0 bridgehead atoms. The van der Waals surface area contributed by atoms with E-state index < -0.39 is 15.8 Å². The predicted octanol–water partition coefficient (Wildman–Crippen LogP) is 2.59. The number of aromatic nitrogens is 2. The van der Waals surface area contributed by atoms with Gasteiger partial charge in [-0.3, -0.25) is 0 Å². The van der Waals surface area contributed by atoms with Crippen LogP contribution in [0, 0.1) is 19.7 Å². The maximum atomic E-state index is 13.5. The quantitative estimate of drug-likeness (QED) is 0.936. The van der Waals surface area contributed by atoms with Crippen LogP contribution in [0.15, 0.2) is 29.3 Å². The van der Waals surface area contributed by atoms with Crippen LogP contribution >= 0.6 is 0 Å². The van der Waals surface area contributed by atoms with Gasteiger partial charge in [-0.2, -0.15) is 0 Å². The van der Waals surface area contributed by atoms with Gasteiger partial charge in [0.25, 0.3) is 0 Å². The minimum atomic E-state index is -3.80. The van der Waals surface area contributed by atoms with E-state index in [4.69, 9.17) is 0 Å². The number of halogens is 1. The zero-order chi connectivity index (χ0) is 16.6. The fourth-order valence-corrected chi connectivity index (χ4v) is 4.25. The van der Waals surface area contributed by atoms with Gasteiger partial charge in [-0.15, -0.1) is 0 Å². The maximum absolute atomic E-state index is 13.5. The molecule has 2 aromatic rings. The maximum Gasteiger partial charge on any atom is 0.241 e. The van der Waals surface area contributed by atoms with E-state index in [-0.39, 0.29) is 10.9 Å². The first-order chi connectivity index (χ1) is 10.8. The molecule has 1 aliphatic rings. The molecule has 0 amide bonds. The highest BCUT2D eigenvalue weighted by Crippen LogP contribution is 2.29. The van der Waals surface area contributed by atoms with Crippen LogP contribution in [0.4, 0.5) is 4.39 Å². The van der Waals surface area contributed by atoms with E-state index in [0.717, 1.165) is 30.2 Å². The van der Waals surface area contributed by atoms with E-state index in [1.54, 1.807) is 13.1 Å². The van der Waals surface area contributed by atoms with E-state index in [9.17, 15) is 12.8 Å². The Labute approximate surface area is 135 Å². The zero-order valence-corrected chi connectivity index (χ0v) is 13.8. The highest BCUT2D eigenvalue weighted by molar-refractivity contribution is 7.89. The molecule has 0 radical (unpaired) electrons. The Morgan fingerprint density at radius 1 is 1.26 bits per heavy atom. The molecule has 23 heavy (non-hydrogen) atoms. The van der Waals surface area contributed by atoms with E-state index in [0.29, 0.717) is 17.8 Å². The molecular weight excluding hydrogens is 317 g/mol. The molecular formula is C16H18FN3O2S. The van der Waals surface area contributed by atoms with Gasteiger partial charge in [0.15, 0.2) is 0 Å². The van der Waals surface area contributed by atoms with Crippen molar-refractivity contribution in [2.45, 2.75) is 44.0 Å². The average Bonchev–Trinajstić information content (AvgIpc) is 2.45. The molecule has 1 aromatic carbocycles. The Morgan fingerprint density at radius 2 is 2.04 bits per heavy atom. The summed E-state index contributed by atoms with van der Waals surface area (Å²) in [6, 6.07) is 3.41. The first-order valence-electron chi connectivity index (χ1n) is 7.47. The molecule has 1 heterocycles. The summed E-state index contributed by atoms with van der Waals surface area (Å²) in [5.74, 6) is 0.112. The summed E-state index contributed by atoms with van der Waals surface area (Å²) < 4.78 is 41.3. The zero-order valence-electron chi connectivity index (χ0n) is 13.0. The molecule has 1 aliphatic carbocycles. The highest BCUT2D eigenvalue weighted by Gasteiger charge is 2.27.